The van der Waals surface area contributed by atoms with E-state index in [0.717, 1.165) is 69.7 Å². The molecule has 11 nitrogen and oxygen atoms in total. The summed E-state index contributed by atoms with van der Waals surface area (Å²) in [6.45, 7) is 5.72. The van der Waals surface area contributed by atoms with Crippen LogP contribution in [0.2, 0.25) is 0 Å². The summed E-state index contributed by atoms with van der Waals surface area (Å²) in [7, 11) is 3.04. The van der Waals surface area contributed by atoms with Crippen LogP contribution >= 0.6 is 11.6 Å². The number of carboxylic acid groups (broad SMARTS) is 1. The van der Waals surface area contributed by atoms with Crippen molar-refractivity contribution in [1.29, 1.82) is 0 Å². The molecule has 2 aliphatic carbocycles. The van der Waals surface area contributed by atoms with Crippen molar-refractivity contribution in [3.05, 3.63) is 59.7 Å². The van der Waals surface area contributed by atoms with Crippen molar-refractivity contribution in [3.63, 3.8) is 0 Å². The summed E-state index contributed by atoms with van der Waals surface area (Å²) in [6, 6.07) is 9.70. The number of morpholine rings is 1. The van der Waals surface area contributed by atoms with E-state index in [2.05, 4.69) is 33.1 Å². The lowest BCUT2D eigenvalue weighted by molar-refractivity contribution is -0.142. The molecule has 47 heavy (non-hydrogen) atoms. The highest BCUT2D eigenvalue weighted by Crippen LogP contribution is 2.59. The molecule has 1 aromatic heterocycles. The van der Waals surface area contributed by atoms with Gasteiger partial charge in [0.1, 0.15) is 23.1 Å². The monoisotopic (exact) mass is 668 g/mol. The molecule has 1 N–H and O–H groups in total. The van der Waals surface area contributed by atoms with Gasteiger partial charge >= 0.3 is 12.0 Å². The second-order valence-corrected chi connectivity index (χ2v) is 13.2. The summed E-state index contributed by atoms with van der Waals surface area (Å²) in [5.41, 5.74) is 1.60. The molecule has 3 fully saturated rings. The van der Waals surface area contributed by atoms with Gasteiger partial charge < -0.3 is 28.8 Å². The average molecular weight is 669 g/mol. The summed E-state index contributed by atoms with van der Waals surface area (Å²) in [6.07, 6.45) is 10.3. The minimum atomic E-state index is -1.02. The number of benzene rings is 1. The molecular weight excluding hydrogens is 624 g/mol. The van der Waals surface area contributed by atoms with Crippen LogP contribution in [0.3, 0.4) is 0 Å². The first-order valence-corrected chi connectivity index (χ1v) is 16.9. The number of rotatable bonds is 15. The number of carbonyl (C=O) groups is 1. The predicted octanol–water partition coefficient (Wildman–Crippen LogP) is 4.44. The molecule has 12 heteroatoms. The SMILES string of the molecule is COc1nc(OCC2(OCCCN3CCOCC3)C=CC=C(c3ccccc3)C2(Cl)C2CC2)nc(OC)c1CN1CCC[C@H]1C(=O)O. The van der Waals surface area contributed by atoms with E-state index in [9.17, 15) is 9.90 Å². The van der Waals surface area contributed by atoms with Crippen LogP contribution < -0.4 is 14.2 Å². The Balaban J connectivity index is 1.27. The Morgan fingerprint density at radius 2 is 1.79 bits per heavy atom. The number of halogens is 1. The van der Waals surface area contributed by atoms with Crippen molar-refractivity contribution < 1.29 is 33.6 Å². The maximum absolute atomic E-state index is 11.8. The van der Waals surface area contributed by atoms with Gasteiger partial charge in [-0.15, -0.1) is 11.6 Å². The van der Waals surface area contributed by atoms with Crippen LogP contribution in [-0.4, -0.2) is 114 Å². The van der Waals surface area contributed by atoms with E-state index >= 15 is 0 Å². The Bertz CT molecular complexity index is 1420. The van der Waals surface area contributed by atoms with Gasteiger partial charge in [-0.25, -0.2) is 0 Å². The highest BCUT2D eigenvalue weighted by Gasteiger charge is 2.61. The molecule has 6 rings (SSSR count). The standard InChI is InChI=1S/C35H45ClN4O7/c1-43-30-27(23-40-17-7-12-29(40)32(41)42)31(44-2)38-33(37-30)46-24-34(47-20-8-16-39-18-21-45-22-19-39)15-6-11-28(25-9-4-3-5-10-25)35(34,36)26-13-14-26/h3-6,9-11,15,26,29H,7-8,12-14,16-24H2,1-2H3,(H,41,42)/t29-,34?,35?/m0/s1. The van der Waals surface area contributed by atoms with Gasteiger partial charge in [-0.2, -0.15) is 9.97 Å². The number of ether oxygens (including phenoxy) is 5. The average Bonchev–Trinajstić information content (AvgIpc) is 3.86. The predicted molar refractivity (Wildman–Crippen MR) is 177 cm³/mol. The molecule has 2 aliphatic heterocycles. The van der Waals surface area contributed by atoms with Gasteiger partial charge in [-0.3, -0.25) is 14.6 Å². The molecule has 3 heterocycles. The molecule has 3 atom stereocenters. The second kappa shape index (κ2) is 14.9. The van der Waals surface area contributed by atoms with Gasteiger partial charge in [0.05, 0.1) is 33.0 Å². The molecule has 1 saturated carbocycles. The van der Waals surface area contributed by atoms with Crippen LogP contribution in [0.1, 0.15) is 43.2 Å². The smallest absolute Gasteiger partial charge is 0.323 e. The van der Waals surface area contributed by atoms with Crippen molar-refractivity contribution in [1.82, 2.24) is 19.8 Å². The van der Waals surface area contributed by atoms with E-state index in [1.165, 1.54) is 14.2 Å². The maximum Gasteiger partial charge on any atom is 0.323 e. The largest absolute Gasteiger partial charge is 0.481 e. The number of hydrogen-bond donors (Lipinski definition) is 1. The molecule has 0 amide bonds. The molecule has 2 unspecified atom stereocenters. The van der Waals surface area contributed by atoms with Crippen LogP contribution in [0.4, 0.5) is 0 Å². The van der Waals surface area contributed by atoms with E-state index in [1.54, 1.807) is 0 Å². The fraction of sp³-hybridized carbons (Fsp3) is 0.571. The summed E-state index contributed by atoms with van der Waals surface area (Å²) >= 11 is 7.87. The van der Waals surface area contributed by atoms with Crippen LogP contribution in [0, 0.1) is 5.92 Å². The fourth-order valence-electron chi connectivity index (χ4n) is 7.09. The van der Waals surface area contributed by atoms with Gasteiger partial charge in [0.25, 0.3) is 0 Å². The third-order valence-corrected chi connectivity index (χ3v) is 10.5. The number of hydrogen-bond acceptors (Lipinski definition) is 10. The summed E-state index contributed by atoms with van der Waals surface area (Å²) in [5, 5.41) is 9.70. The molecule has 1 aromatic carbocycles. The highest BCUT2D eigenvalue weighted by molar-refractivity contribution is 6.32. The van der Waals surface area contributed by atoms with Crippen LogP contribution in [0.15, 0.2) is 48.6 Å². The number of likely N-dealkylation sites (tertiary alicyclic amines) is 1. The van der Waals surface area contributed by atoms with Crippen molar-refractivity contribution in [2.75, 3.05) is 66.8 Å². The lowest BCUT2D eigenvalue weighted by Gasteiger charge is -2.48. The second-order valence-electron chi connectivity index (χ2n) is 12.6. The molecule has 0 bridgehead atoms. The zero-order chi connectivity index (χ0) is 32.9. The number of aliphatic carboxylic acids is 1. The Morgan fingerprint density at radius 3 is 2.45 bits per heavy atom. The number of alkyl halides is 1. The van der Waals surface area contributed by atoms with E-state index in [-0.39, 0.29) is 36.8 Å². The van der Waals surface area contributed by atoms with Gasteiger partial charge in [0.15, 0.2) is 0 Å². The van der Waals surface area contributed by atoms with Crippen LogP contribution in [0.5, 0.6) is 17.8 Å². The number of allylic oxidation sites excluding steroid dienone is 2. The first-order valence-electron chi connectivity index (χ1n) is 16.6. The maximum atomic E-state index is 11.8. The Hall–Kier alpha value is -3.22. The number of nitrogens with zero attached hydrogens (tertiary/aromatic N) is 4. The third kappa shape index (κ3) is 7.15. The van der Waals surface area contributed by atoms with Gasteiger partial charge in [0, 0.05) is 32.8 Å². The summed E-state index contributed by atoms with van der Waals surface area (Å²) < 4.78 is 30.2. The molecule has 2 aromatic rings. The van der Waals surface area contributed by atoms with Crippen LogP contribution in [0.25, 0.3) is 5.57 Å². The van der Waals surface area contributed by atoms with E-state index in [4.69, 9.17) is 35.3 Å². The quantitative estimate of drug-likeness (QED) is 0.215. The number of aromatic nitrogens is 2. The van der Waals surface area contributed by atoms with E-state index in [1.807, 2.05) is 35.3 Å². The highest BCUT2D eigenvalue weighted by atomic mass is 35.5. The molecule has 0 radical (unpaired) electrons. The number of methoxy groups -OCH3 is 2. The van der Waals surface area contributed by atoms with Gasteiger partial charge in [0.2, 0.25) is 11.8 Å². The Labute approximate surface area is 281 Å². The van der Waals surface area contributed by atoms with Crippen LogP contribution in [-0.2, 0) is 20.8 Å². The molecule has 254 valence electrons. The first-order chi connectivity index (χ1) is 22.9. The lowest BCUT2D eigenvalue weighted by atomic mass is 9.72. The van der Waals surface area contributed by atoms with E-state index in [0.29, 0.717) is 25.1 Å². The Morgan fingerprint density at radius 1 is 1.06 bits per heavy atom. The van der Waals surface area contributed by atoms with Gasteiger partial charge in [-0.1, -0.05) is 42.5 Å². The number of carboxylic acids is 1. The minimum absolute atomic E-state index is 0.0596. The fourth-order valence-corrected chi connectivity index (χ4v) is 7.65. The van der Waals surface area contributed by atoms with Crippen molar-refractivity contribution in [2.45, 2.75) is 55.2 Å². The molecule has 0 spiro atoms. The zero-order valence-corrected chi connectivity index (χ0v) is 28.0. The lowest BCUT2D eigenvalue weighted by Crippen LogP contribution is -2.58. The van der Waals surface area contributed by atoms with Crippen molar-refractivity contribution >= 4 is 23.1 Å². The summed E-state index contributed by atoms with van der Waals surface area (Å²) in [4.78, 5) is 24.4. The zero-order valence-electron chi connectivity index (χ0n) is 27.2. The Kier molecular flexibility index (Phi) is 10.7. The van der Waals surface area contributed by atoms with Crippen molar-refractivity contribution in [3.8, 4) is 17.8 Å². The molecule has 2 saturated heterocycles. The van der Waals surface area contributed by atoms with Crippen molar-refractivity contribution in [2.24, 2.45) is 5.92 Å². The molecule has 4 aliphatic rings. The normalized spacial score (nSPS) is 26.6. The first kappa shape index (κ1) is 33.7. The third-order valence-electron chi connectivity index (χ3n) is 9.67. The van der Waals surface area contributed by atoms with Gasteiger partial charge in [-0.05, 0) is 61.8 Å². The summed E-state index contributed by atoms with van der Waals surface area (Å²) in [5.74, 6) is -0.113. The molecular formula is C35H45ClN4O7. The van der Waals surface area contributed by atoms with E-state index < -0.39 is 22.5 Å². The topological polar surface area (TPSA) is 116 Å². The minimum Gasteiger partial charge on any atom is -0.481 e.